The van der Waals surface area contributed by atoms with Crippen molar-refractivity contribution < 1.29 is 0 Å². The number of hydrogen-bond acceptors (Lipinski definition) is 2. The predicted molar refractivity (Wildman–Crippen MR) is 90.2 cm³/mol. The Morgan fingerprint density at radius 3 is 2.67 bits per heavy atom. The molecular formula is C17H20Cl2N2. The Morgan fingerprint density at radius 1 is 1.14 bits per heavy atom. The molecule has 1 heterocycles. The number of aromatic nitrogens is 1. The van der Waals surface area contributed by atoms with Crippen LogP contribution in [0.3, 0.4) is 0 Å². The lowest BCUT2D eigenvalue weighted by Crippen LogP contribution is -2.25. The van der Waals surface area contributed by atoms with E-state index in [0.29, 0.717) is 5.02 Å². The molecule has 0 spiro atoms. The molecule has 1 aromatic carbocycles. The molecule has 1 N–H and O–H groups in total. The van der Waals surface area contributed by atoms with Crippen molar-refractivity contribution in [3.63, 3.8) is 0 Å². The number of nitrogens with one attached hydrogen (secondary N) is 1. The first-order valence-corrected chi connectivity index (χ1v) is 8.02. The van der Waals surface area contributed by atoms with Gasteiger partial charge in [-0.05, 0) is 54.8 Å². The number of likely N-dealkylation sites (N-methyl/N-ethyl adjacent to an activating group) is 1. The van der Waals surface area contributed by atoms with E-state index >= 15 is 0 Å². The lowest BCUT2D eigenvalue weighted by molar-refractivity contribution is 0.532. The van der Waals surface area contributed by atoms with Crippen molar-refractivity contribution in [2.45, 2.75) is 32.7 Å². The van der Waals surface area contributed by atoms with Crippen LogP contribution in [0.1, 0.15) is 36.7 Å². The maximum absolute atomic E-state index is 6.29. The maximum Gasteiger partial charge on any atom is 0.0608 e. The van der Waals surface area contributed by atoms with E-state index in [-0.39, 0.29) is 6.04 Å². The summed E-state index contributed by atoms with van der Waals surface area (Å²) >= 11 is 12.4. The third kappa shape index (κ3) is 4.19. The zero-order chi connectivity index (χ0) is 15.2. The van der Waals surface area contributed by atoms with Crippen LogP contribution in [0.5, 0.6) is 0 Å². The second-order valence-corrected chi connectivity index (χ2v) is 5.80. The number of rotatable bonds is 6. The van der Waals surface area contributed by atoms with E-state index in [1.165, 1.54) is 5.56 Å². The van der Waals surface area contributed by atoms with Gasteiger partial charge in [0.15, 0.2) is 0 Å². The van der Waals surface area contributed by atoms with Gasteiger partial charge in [-0.15, -0.1) is 0 Å². The molecule has 0 bridgehead atoms. The van der Waals surface area contributed by atoms with Crippen molar-refractivity contribution in [2.75, 3.05) is 6.54 Å². The Labute approximate surface area is 136 Å². The van der Waals surface area contributed by atoms with Gasteiger partial charge in [0.05, 0.1) is 11.7 Å². The molecular weight excluding hydrogens is 303 g/mol. The second-order valence-electron chi connectivity index (χ2n) is 4.95. The Kier molecular flexibility index (Phi) is 6.04. The maximum atomic E-state index is 6.29. The van der Waals surface area contributed by atoms with E-state index in [1.807, 2.05) is 30.5 Å². The quantitative estimate of drug-likeness (QED) is 0.822. The van der Waals surface area contributed by atoms with Crippen LogP contribution in [0.2, 0.25) is 10.0 Å². The first kappa shape index (κ1) is 16.3. The molecule has 0 aliphatic carbocycles. The number of aryl methyl sites for hydroxylation is 1. The zero-order valence-electron chi connectivity index (χ0n) is 12.4. The highest BCUT2D eigenvalue weighted by Gasteiger charge is 2.17. The number of hydrogen-bond donors (Lipinski definition) is 1. The van der Waals surface area contributed by atoms with Gasteiger partial charge in [-0.25, -0.2) is 0 Å². The monoisotopic (exact) mass is 322 g/mol. The van der Waals surface area contributed by atoms with Crippen molar-refractivity contribution in [3.05, 3.63) is 63.4 Å². The summed E-state index contributed by atoms with van der Waals surface area (Å²) in [5.41, 5.74) is 3.40. The van der Waals surface area contributed by atoms with Crippen molar-refractivity contribution in [1.29, 1.82) is 0 Å². The van der Waals surface area contributed by atoms with Gasteiger partial charge in [-0.3, -0.25) is 4.98 Å². The summed E-state index contributed by atoms with van der Waals surface area (Å²) in [6.45, 7) is 5.12. The summed E-state index contributed by atoms with van der Waals surface area (Å²) in [6.07, 6.45) is 3.59. The number of nitrogens with zero attached hydrogens (tertiary/aromatic N) is 1. The third-order valence-corrected chi connectivity index (χ3v) is 4.12. The van der Waals surface area contributed by atoms with Crippen molar-refractivity contribution in [3.8, 4) is 0 Å². The summed E-state index contributed by atoms with van der Waals surface area (Å²) < 4.78 is 0. The van der Waals surface area contributed by atoms with Crippen molar-refractivity contribution in [2.24, 2.45) is 0 Å². The predicted octanol–water partition coefficient (Wildman–Crippen LogP) is 4.84. The highest BCUT2D eigenvalue weighted by atomic mass is 35.5. The summed E-state index contributed by atoms with van der Waals surface area (Å²) in [4.78, 5) is 4.58. The Morgan fingerprint density at radius 2 is 1.95 bits per heavy atom. The fourth-order valence-electron chi connectivity index (χ4n) is 2.50. The van der Waals surface area contributed by atoms with Crippen LogP contribution < -0.4 is 5.32 Å². The van der Waals surface area contributed by atoms with Crippen molar-refractivity contribution in [1.82, 2.24) is 10.3 Å². The lowest BCUT2D eigenvalue weighted by atomic mass is 9.98. The molecule has 21 heavy (non-hydrogen) atoms. The van der Waals surface area contributed by atoms with E-state index in [0.717, 1.165) is 35.7 Å². The standard InChI is InChI=1S/C17H20Cl2N2/c1-3-12-6-5-9-21-17(12)16(20-4-2)11-13-10-14(18)7-8-15(13)19/h5-10,16,20H,3-4,11H2,1-2H3. The van der Waals surface area contributed by atoms with E-state index in [4.69, 9.17) is 23.2 Å². The average Bonchev–Trinajstić information content (AvgIpc) is 2.50. The van der Waals surface area contributed by atoms with Crippen LogP contribution in [0.15, 0.2) is 36.5 Å². The second kappa shape index (κ2) is 7.79. The van der Waals surface area contributed by atoms with Crippen LogP contribution >= 0.6 is 23.2 Å². The van der Waals surface area contributed by atoms with Crippen LogP contribution in [-0.4, -0.2) is 11.5 Å². The van der Waals surface area contributed by atoms with Gasteiger partial charge in [0.25, 0.3) is 0 Å². The van der Waals surface area contributed by atoms with E-state index < -0.39 is 0 Å². The van der Waals surface area contributed by atoms with E-state index in [2.05, 4.69) is 30.2 Å². The van der Waals surface area contributed by atoms with Crippen LogP contribution in [0.4, 0.5) is 0 Å². The van der Waals surface area contributed by atoms with Gasteiger partial charge in [-0.1, -0.05) is 43.1 Å². The first-order valence-electron chi connectivity index (χ1n) is 7.26. The van der Waals surface area contributed by atoms with Gasteiger partial charge in [-0.2, -0.15) is 0 Å². The van der Waals surface area contributed by atoms with Crippen LogP contribution in [-0.2, 0) is 12.8 Å². The molecule has 0 amide bonds. The van der Waals surface area contributed by atoms with Gasteiger partial charge in [0.2, 0.25) is 0 Å². The molecule has 0 saturated carbocycles. The van der Waals surface area contributed by atoms with Gasteiger partial charge >= 0.3 is 0 Å². The number of halogens is 2. The molecule has 0 radical (unpaired) electrons. The first-order chi connectivity index (χ1) is 10.2. The third-order valence-electron chi connectivity index (χ3n) is 3.52. The van der Waals surface area contributed by atoms with Crippen LogP contribution in [0.25, 0.3) is 0 Å². The fourth-order valence-corrected chi connectivity index (χ4v) is 2.88. The summed E-state index contributed by atoms with van der Waals surface area (Å²) in [7, 11) is 0. The largest absolute Gasteiger partial charge is 0.309 e. The Hall–Kier alpha value is -1.09. The average molecular weight is 323 g/mol. The lowest BCUT2D eigenvalue weighted by Gasteiger charge is -2.20. The van der Waals surface area contributed by atoms with Gasteiger partial charge < -0.3 is 5.32 Å². The molecule has 0 aliphatic rings. The zero-order valence-corrected chi connectivity index (χ0v) is 13.9. The molecule has 1 aromatic heterocycles. The number of pyridine rings is 1. The summed E-state index contributed by atoms with van der Waals surface area (Å²) in [5, 5.41) is 4.96. The molecule has 0 aliphatic heterocycles. The summed E-state index contributed by atoms with van der Waals surface area (Å²) in [5.74, 6) is 0. The van der Waals surface area contributed by atoms with E-state index in [9.17, 15) is 0 Å². The summed E-state index contributed by atoms with van der Waals surface area (Å²) in [6, 6.07) is 9.85. The highest BCUT2D eigenvalue weighted by molar-refractivity contribution is 6.33. The molecule has 2 rings (SSSR count). The molecule has 2 aromatic rings. The minimum Gasteiger partial charge on any atom is -0.309 e. The molecule has 1 atom stereocenters. The minimum absolute atomic E-state index is 0.141. The molecule has 4 heteroatoms. The minimum atomic E-state index is 0.141. The highest BCUT2D eigenvalue weighted by Crippen LogP contribution is 2.27. The van der Waals surface area contributed by atoms with Gasteiger partial charge in [0.1, 0.15) is 0 Å². The fraction of sp³-hybridized carbons (Fsp3) is 0.353. The number of benzene rings is 1. The Balaban J connectivity index is 2.33. The normalized spacial score (nSPS) is 12.4. The van der Waals surface area contributed by atoms with Crippen molar-refractivity contribution >= 4 is 23.2 Å². The Bertz CT molecular complexity index is 599. The SMILES string of the molecule is CCNC(Cc1cc(Cl)ccc1Cl)c1ncccc1CC. The molecule has 2 nitrogen and oxygen atoms in total. The smallest absolute Gasteiger partial charge is 0.0608 e. The molecule has 112 valence electrons. The van der Waals surface area contributed by atoms with Crippen LogP contribution in [0, 0.1) is 0 Å². The molecule has 1 unspecified atom stereocenters. The van der Waals surface area contributed by atoms with Gasteiger partial charge in [0, 0.05) is 16.2 Å². The van der Waals surface area contributed by atoms with E-state index in [1.54, 1.807) is 0 Å². The topological polar surface area (TPSA) is 24.9 Å². The molecule has 0 fully saturated rings. The molecule has 0 saturated heterocycles.